The molecule has 2 rings (SSSR count). The number of hydrogen-bond donors (Lipinski definition) is 2. The third-order valence-corrected chi connectivity index (χ3v) is 4.89. The normalized spacial score (nSPS) is 27.9. The van der Waals surface area contributed by atoms with Crippen LogP contribution in [0.5, 0.6) is 0 Å². The van der Waals surface area contributed by atoms with Crippen molar-refractivity contribution in [3.05, 3.63) is 0 Å². The Morgan fingerprint density at radius 3 is 2.24 bits per heavy atom. The standard InChI is InChI=1S/C15H29NO/c1-13(14-8-4-2-3-5-9-14)16-12-15(17)10-6-7-11-15/h13-14,16-17H,2-12H2,1H3/t13-/m1/s1. The predicted octanol–water partition coefficient (Wildman–Crippen LogP) is 3.24. The Balaban J connectivity index is 1.73. The molecule has 0 spiro atoms. The highest BCUT2D eigenvalue weighted by Gasteiger charge is 2.31. The molecule has 0 heterocycles. The molecule has 2 N–H and O–H groups in total. The van der Waals surface area contributed by atoms with Crippen molar-refractivity contribution < 1.29 is 5.11 Å². The van der Waals surface area contributed by atoms with Crippen LogP contribution in [0.25, 0.3) is 0 Å². The van der Waals surface area contributed by atoms with E-state index in [0.717, 1.165) is 25.3 Å². The van der Waals surface area contributed by atoms with Crippen LogP contribution in [0, 0.1) is 5.92 Å². The summed E-state index contributed by atoms with van der Waals surface area (Å²) in [5, 5.41) is 13.9. The lowest BCUT2D eigenvalue weighted by atomic mass is 9.92. The van der Waals surface area contributed by atoms with Crippen molar-refractivity contribution in [2.75, 3.05) is 6.54 Å². The maximum Gasteiger partial charge on any atom is 0.0771 e. The van der Waals surface area contributed by atoms with Gasteiger partial charge in [-0.05, 0) is 38.5 Å². The minimum Gasteiger partial charge on any atom is -0.389 e. The smallest absolute Gasteiger partial charge is 0.0771 e. The lowest BCUT2D eigenvalue weighted by Gasteiger charge is -2.29. The van der Waals surface area contributed by atoms with E-state index in [2.05, 4.69) is 12.2 Å². The fourth-order valence-corrected chi connectivity index (χ4v) is 3.54. The lowest BCUT2D eigenvalue weighted by molar-refractivity contribution is 0.0429. The van der Waals surface area contributed by atoms with E-state index in [4.69, 9.17) is 0 Å². The summed E-state index contributed by atoms with van der Waals surface area (Å²) in [6, 6.07) is 0.581. The summed E-state index contributed by atoms with van der Waals surface area (Å²) < 4.78 is 0. The zero-order valence-corrected chi connectivity index (χ0v) is 11.4. The monoisotopic (exact) mass is 239 g/mol. The maximum absolute atomic E-state index is 10.3. The highest BCUT2D eigenvalue weighted by Crippen LogP contribution is 2.30. The van der Waals surface area contributed by atoms with Gasteiger partial charge in [0.05, 0.1) is 5.60 Å². The molecule has 2 aliphatic rings. The average Bonchev–Trinajstić information content (AvgIpc) is 2.60. The van der Waals surface area contributed by atoms with Crippen molar-refractivity contribution in [1.82, 2.24) is 5.32 Å². The molecule has 17 heavy (non-hydrogen) atoms. The zero-order valence-electron chi connectivity index (χ0n) is 11.4. The Morgan fingerprint density at radius 1 is 1.06 bits per heavy atom. The number of nitrogens with one attached hydrogen (secondary N) is 1. The summed E-state index contributed by atoms with van der Waals surface area (Å²) in [5.74, 6) is 0.836. The second-order valence-corrected chi connectivity index (χ2v) is 6.35. The molecule has 0 bridgehead atoms. The van der Waals surface area contributed by atoms with Gasteiger partial charge in [-0.1, -0.05) is 38.5 Å². The van der Waals surface area contributed by atoms with Crippen molar-refractivity contribution in [3.8, 4) is 0 Å². The number of aliphatic hydroxyl groups is 1. The Bertz CT molecular complexity index is 215. The molecule has 0 amide bonds. The predicted molar refractivity (Wildman–Crippen MR) is 72.1 cm³/mol. The van der Waals surface area contributed by atoms with E-state index in [1.807, 2.05) is 0 Å². The molecule has 0 aromatic carbocycles. The highest BCUT2D eigenvalue weighted by atomic mass is 16.3. The van der Waals surface area contributed by atoms with Crippen LogP contribution >= 0.6 is 0 Å². The first-order chi connectivity index (χ1) is 8.20. The van der Waals surface area contributed by atoms with Gasteiger partial charge in [-0.25, -0.2) is 0 Å². The summed E-state index contributed by atoms with van der Waals surface area (Å²) in [6.07, 6.45) is 12.8. The third kappa shape index (κ3) is 3.96. The molecule has 0 aromatic rings. The third-order valence-electron chi connectivity index (χ3n) is 4.89. The van der Waals surface area contributed by atoms with Crippen molar-refractivity contribution in [3.63, 3.8) is 0 Å². The van der Waals surface area contributed by atoms with Crippen molar-refractivity contribution in [2.24, 2.45) is 5.92 Å². The Morgan fingerprint density at radius 2 is 1.65 bits per heavy atom. The van der Waals surface area contributed by atoms with Crippen molar-refractivity contribution in [1.29, 1.82) is 0 Å². The van der Waals surface area contributed by atoms with Gasteiger partial charge in [-0.2, -0.15) is 0 Å². The van der Waals surface area contributed by atoms with Crippen LogP contribution in [-0.4, -0.2) is 23.3 Å². The zero-order chi connectivity index (χ0) is 12.1. The molecule has 2 fully saturated rings. The van der Waals surface area contributed by atoms with Crippen LogP contribution in [0.3, 0.4) is 0 Å². The lowest BCUT2D eigenvalue weighted by Crippen LogP contribution is -2.44. The van der Waals surface area contributed by atoms with E-state index in [1.54, 1.807) is 0 Å². The minimum atomic E-state index is -0.390. The van der Waals surface area contributed by atoms with E-state index in [9.17, 15) is 5.11 Å². The van der Waals surface area contributed by atoms with Gasteiger partial charge in [0.1, 0.15) is 0 Å². The first-order valence-corrected chi connectivity index (χ1v) is 7.65. The fourth-order valence-electron chi connectivity index (χ4n) is 3.54. The van der Waals surface area contributed by atoms with Gasteiger partial charge in [0.15, 0.2) is 0 Å². The molecule has 0 radical (unpaired) electrons. The van der Waals surface area contributed by atoms with Gasteiger partial charge < -0.3 is 10.4 Å². The highest BCUT2D eigenvalue weighted by molar-refractivity contribution is 4.88. The van der Waals surface area contributed by atoms with Gasteiger partial charge >= 0.3 is 0 Å². The first kappa shape index (κ1) is 13.4. The summed E-state index contributed by atoms with van der Waals surface area (Å²) in [7, 11) is 0. The Hall–Kier alpha value is -0.0800. The summed E-state index contributed by atoms with van der Waals surface area (Å²) in [5.41, 5.74) is -0.390. The minimum absolute atomic E-state index is 0.390. The van der Waals surface area contributed by atoms with E-state index < -0.39 is 0 Å². The maximum atomic E-state index is 10.3. The number of rotatable bonds is 4. The van der Waals surface area contributed by atoms with Crippen LogP contribution in [-0.2, 0) is 0 Å². The molecule has 0 unspecified atom stereocenters. The molecule has 2 heteroatoms. The van der Waals surface area contributed by atoms with Gasteiger partial charge in [-0.3, -0.25) is 0 Å². The quantitative estimate of drug-likeness (QED) is 0.738. The summed E-state index contributed by atoms with van der Waals surface area (Å²) in [6.45, 7) is 3.12. The SMILES string of the molecule is C[C@@H](NCC1(O)CCCC1)C1CCCCCC1. The molecule has 2 aliphatic carbocycles. The molecule has 0 aliphatic heterocycles. The second-order valence-electron chi connectivity index (χ2n) is 6.35. The largest absolute Gasteiger partial charge is 0.389 e. The molecule has 0 aromatic heterocycles. The van der Waals surface area contributed by atoms with Crippen LogP contribution in [0.1, 0.15) is 71.1 Å². The van der Waals surface area contributed by atoms with Gasteiger partial charge in [-0.15, -0.1) is 0 Å². The fraction of sp³-hybridized carbons (Fsp3) is 1.00. The Labute approximate surface area is 106 Å². The van der Waals surface area contributed by atoms with Crippen LogP contribution in [0.15, 0.2) is 0 Å². The van der Waals surface area contributed by atoms with Crippen LogP contribution in [0.4, 0.5) is 0 Å². The topological polar surface area (TPSA) is 32.3 Å². The van der Waals surface area contributed by atoms with E-state index in [1.165, 1.54) is 51.4 Å². The molecular formula is C15H29NO. The van der Waals surface area contributed by atoms with Crippen molar-refractivity contribution in [2.45, 2.75) is 82.8 Å². The molecular weight excluding hydrogens is 210 g/mol. The van der Waals surface area contributed by atoms with Gasteiger partial charge in [0.25, 0.3) is 0 Å². The van der Waals surface area contributed by atoms with Gasteiger partial charge in [0, 0.05) is 12.6 Å². The van der Waals surface area contributed by atoms with Crippen LogP contribution < -0.4 is 5.32 Å². The van der Waals surface area contributed by atoms with E-state index in [0.29, 0.717) is 6.04 Å². The first-order valence-electron chi connectivity index (χ1n) is 7.65. The Kier molecular flexibility index (Phi) is 4.87. The molecule has 2 nitrogen and oxygen atoms in total. The van der Waals surface area contributed by atoms with Crippen molar-refractivity contribution >= 4 is 0 Å². The summed E-state index contributed by atoms with van der Waals surface area (Å²) in [4.78, 5) is 0. The molecule has 0 saturated heterocycles. The molecule has 2 saturated carbocycles. The average molecular weight is 239 g/mol. The van der Waals surface area contributed by atoms with E-state index >= 15 is 0 Å². The van der Waals surface area contributed by atoms with E-state index in [-0.39, 0.29) is 5.60 Å². The van der Waals surface area contributed by atoms with Crippen LogP contribution in [0.2, 0.25) is 0 Å². The van der Waals surface area contributed by atoms with Gasteiger partial charge in [0.2, 0.25) is 0 Å². The molecule has 1 atom stereocenters. The summed E-state index contributed by atoms with van der Waals surface area (Å²) >= 11 is 0. The molecule has 100 valence electrons. The number of hydrogen-bond acceptors (Lipinski definition) is 2. The second kappa shape index (κ2) is 6.19.